The summed E-state index contributed by atoms with van der Waals surface area (Å²) in [6.07, 6.45) is -0.791. The molecule has 4 heteroatoms. The minimum absolute atomic E-state index is 0.529. The lowest BCUT2D eigenvalue weighted by atomic mass is 10.1. The van der Waals surface area contributed by atoms with E-state index in [2.05, 4.69) is 9.97 Å². The summed E-state index contributed by atoms with van der Waals surface area (Å²) in [5.41, 5.74) is 8.82. The number of H-pyrrole nitrogens is 1. The van der Waals surface area contributed by atoms with Gasteiger partial charge in [0.2, 0.25) is 0 Å². The van der Waals surface area contributed by atoms with Crippen molar-refractivity contribution < 1.29 is 5.11 Å². The number of para-hydroxylation sites is 2. The molecule has 90 valence electrons. The number of benzene rings is 2. The minimum atomic E-state index is -0.791. The molecule has 0 saturated carbocycles. The van der Waals surface area contributed by atoms with Crippen molar-refractivity contribution in [3.63, 3.8) is 0 Å². The molecule has 18 heavy (non-hydrogen) atoms. The van der Waals surface area contributed by atoms with Crippen LogP contribution in [0.5, 0.6) is 0 Å². The molecule has 3 aromatic rings. The number of fused-ring (bicyclic) bond motifs is 1. The van der Waals surface area contributed by atoms with Crippen LogP contribution in [0.3, 0.4) is 0 Å². The van der Waals surface area contributed by atoms with Crippen molar-refractivity contribution in [3.05, 3.63) is 59.9 Å². The van der Waals surface area contributed by atoms with Crippen LogP contribution in [0.25, 0.3) is 11.0 Å². The highest BCUT2D eigenvalue weighted by molar-refractivity contribution is 5.74. The molecule has 1 heterocycles. The summed E-state index contributed by atoms with van der Waals surface area (Å²) in [5, 5.41) is 10.3. The third-order valence-corrected chi connectivity index (χ3v) is 2.89. The lowest BCUT2D eigenvalue weighted by Gasteiger charge is -2.08. The first kappa shape index (κ1) is 10.8. The standard InChI is InChI=1S/C14H13N3O/c15-10-5-3-4-9(8-10)13(18)14-16-11-6-1-2-7-12(11)17-14/h1-8,13,18H,15H2,(H,16,17). The minimum Gasteiger partial charge on any atom is -0.399 e. The van der Waals surface area contributed by atoms with Gasteiger partial charge in [0.25, 0.3) is 0 Å². The summed E-state index contributed by atoms with van der Waals surface area (Å²) in [6, 6.07) is 14.9. The van der Waals surface area contributed by atoms with E-state index < -0.39 is 6.10 Å². The van der Waals surface area contributed by atoms with Crippen LogP contribution >= 0.6 is 0 Å². The van der Waals surface area contributed by atoms with Crippen LogP contribution < -0.4 is 5.73 Å². The first-order valence-corrected chi connectivity index (χ1v) is 5.72. The summed E-state index contributed by atoms with van der Waals surface area (Å²) < 4.78 is 0. The van der Waals surface area contributed by atoms with Crippen molar-refractivity contribution in [2.75, 3.05) is 5.73 Å². The van der Waals surface area contributed by atoms with E-state index in [-0.39, 0.29) is 0 Å². The molecule has 0 spiro atoms. The molecule has 4 N–H and O–H groups in total. The van der Waals surface area contributed by atoms with Crippen molar-refractivity contribution in [1.29, 1.82) is 0 Å². The van der Waals surface area contributed by atoms with Crippen molar-refractivity contribution >= 4 is 16.7 Å². The van der Waals surface area contributed by atoms with E-state index in [1.807, 2.05) is 36.4 Å². The molecule has 0 saturated heterocycles. The number of rotatable bonds is 2. The van der Waals surface area contributed by atoms with E-state index >= 15 is 0 Å². The number of nitrogen functional groups attached to an aromatic ring is 1. The molecule has 1 unspecified atom stereocenters. The SMILES string of the molecule is Nc1cccc(C(O)c2nc3ccccc3[nH]2)c1. The molecule has 0 aliphatic carbocycles. The van der Waals surface area contributed by atoms with Crippen LogP contribution in [-0.2, 0) is 0 Å². The van der Waals surface area contributed by atoms with Gasteiger partial charge >= 0.3 is 0 Å². The Morgan fingerprint density at radius 3 is 2.72 bits per heavy atom. The second-order valence-electron chi connectivity index (χ2n) is 4.21. The summed E-state index contributed by atoms with van der Waals surface area (Å²) in [6.45, 7) is 0. The number of nitrogens with zero attached hydrogens (tertiary/aromatic N) is 1. The number of hydrogen-bond acceptors (Lipinski definition) is 3. The number of imidazole rings is 1. The fraction of sp³-hybridized carbons (Fsp3) is 0.0714. The Morgan fingerprint density at radius 2 is 1.94 bits per heavy atom. The van der Waals surface area contributed by atoms with Gasteiger partial charge in [-0.1, -0.05) is 24.3 Å². The zero-order valence-electron chi connectivity index (χ0n) is 9.67. The lowest BCUT2D eigenvalue weighted by Crippen LogP contribution is -2.02. The highest BCUT2D eigenvalue weighted by Gasteiger charge is 2.14. The number of anilines is 1. The Morgan fingerprint density at radius 1 is 1.11 bits per heavy atom. The second kappa shape index (κ2) is 4.16. The Hall–Kier alpha value is -2.33. The van der Waals surface area contributed by atoms with Crippen molar-refractivity contribution in [2.45, 2.75) is 6.10 Å². The Labute approximate surface area is 104 Å². The number of aliphatic hydroxyl groups is 1. The van der Waals surface area contributed by atoms with Crippen molar-refractivity contribution in [1.82, 2.24) is 9.97 Å². The number of aromatic amines is 1. The summed E-state index contributed by atoms with van der Waals surface area (Å²) in [7, 11) is 0. The number of hydrogen-bond donors (Lipinski definition) is 3. The fourth-order valence-corrected chi connectivity index (χ4v) is 1.99. The molecule has 0 bridgehead atoms. The topological polar surface area (TPSA) is 74.9 Å². The quantitative estimate of drug-likeness (QED) is 0.600. The Bertz CT molecular complexity index is 657. The molecule has 0 aliphatic rings. The van der Waals surface area contributed by atoms with Gasteiger partial charge in [0.15, 0.2) is 0 Å². The van der Waals surface area contributed by atoms with Gasteiger partial charge in [-0.2, -0.15) is 0 Å². The maximum absolute atomic E-state index is 10.3. The van der Waals surface area contributed by atoms with Crippen LogP contribution in [-0.4, -0.2) is 15.1 Å². The summed E-state index contributed by atoms with van der Waals surface area (Å²) in [5.74, 6) is 0.529. The number of aromatic nitrogens is 2. The van der Waals surface area contributed by atoms with E-state index in [9.17, 15) is 5.11 Å². The highest BCUT2D eigenvalue weighted by Crippen LogP contribution is 2.23. The van der Waals surface area contributed by atoms with Gasteiger partial charge in [0.1, 0.15) is 11.9 Å². The predicted octanol–water partition coefficient (Wildman–Crippen LogP) is 2.23. The average molecular weight is 239 g/mol. The van der Waals surface area contributed by atoms with Gasteiger partial charge in [0.05, 0.1) is 11.0 Å². The van der Waals surface area contributed by atoms with E-state index in [0.717, 1.165) is 16.6 Å². The summed E-state index contributed by atoms with van der Waals surface area (Å²) >= 11 is 0. The average Bonchev–Trinajstić information content (AvgIpc) is 2.81. The van der Waals surface area contributed by atoms with Crippen LogP contribution in [0.4, 0.5) is 5.69 Å². The summed E-state index contributed by atoms with van der Waals surface area (Å²) in [4.78, 5) is 7.48. The number of nitrogens with one attached hydrogen (secondary N) is 1. The zero-order chi connectivity index (χ0) is 12.5. The fourth-order valence-electron chi connectivity index (χ4n) is 1.99. The first-order chi connectivity index (χ1) is 8.74. The normalized spacial score (nSPS) is 12.7. The molecule has 3 rings (SSSR count). The van der Waals surface area contributed by atoms with Gasteiger partial charge in [0, 0.05) is 5.69 Å². The monoisotopic (exact) mass is 239 g/mol. The molecule has 2 aromatic carbocycles. The molecular weight excluding hydrogens is 226 g/mol. The van der Waals surface area contributed by atoms with Crippen molar-refractivity contribution in [3.8, 4) is 0 Å². The predicted molar refractivity (Wildman–Crippen MR) is 71.0 cm³/mol. The molecule has 1 aromatic heterocycles. The molecule has 0 radical (unpaired) electrons. The van der Waals surface area contributed by atoms with Crippen molar-refractivity contribution in [2.24, 2.45) is 0 Å². The van der Waals surface area contributed by atoms with Crippen LogP contribution in [0.1, 0.15) is 17.5 Å². The van der Waals surface area contributed by atoms with Crippen LogP contribution in [0.15, 0.2) is 48.5 Å². The number of nitrogens with two attached hydrogens (primary N) is 1. The van der Waals surface area contributed by atoms with E-state index in [0.29, 0.717) is 11.5 Å². The van der Waals surface area contributed by atoms with Gasteiger partial charge in [-0.25, -0.2) is 4.98 Å². The van der Waals surface area contributed by atoms with E-state index in [1.165, 1.54) is 0 Å². The molecule has 4 nitrogen and oxygen atoms in total. The van der Waals surface area contributed by atoms with E-state index in [1.54, 1.807) is 12.1 Å². The largest absolute Gasteiger partial charge is 0.399 e. The van der Waals surface area contributed by atoms with Crippen LogP contribution in [0, 0.1) is 0 Å². The molecular formula is C14H13N3O. The Balaban J connectivity index is 2.03. The van der Waals surface area contributed by atoms with E-state index in [4.69, 9.17) is 5.73 Å². The van der Waals surface area contributed by atoms with Crippen LogP contribution in [0.2, 0.25) is 0 Å². The first-order valence-electron chi connectivity index (χ1n) is 5.72. The van der Waals surface area contributed by atoms with Gasteiger partial charge in [-0.15, -0.1) is 0 Å². The highest BCUT2D eigenvalue weighted by atomic mass is 16.3. The molecule has 0 aliphatic heterocycles. The zero-order valence-corrected chi connectivity index (χ0v) is 9.67. The second-order valence-corrected chi connectivity index (χ2v) is 4.21. The third kappa shape index (κ3) is 1.83. The van der Waals surface area contributed by atoms with Gasteiger partial charge in [-0.05, 0) is 29.8 Å². The smallest absolute Gasteiger partial charge is 0.140 e. The maximum atomic E-state index is 10.3. The molecule has 1 atom stereocenters. The maximum Gasteiger partial charge on any atom is 0.140 e. The molecule has 0 fully saturated rings. The number of aliphatic hydroxyl groups excluding tert-OH is 1. The molecule has 0 amide bonds. The van der Waals surface area contributed by atoms with Gasteiger partial charge < -0.3 is 15.8 Å². The van der Waals surface area contributed by atoms with Gasteiger partial charge in [-0.3, -0.25) is 0 Å². The third-order valence-electron chi connectivity index (χ3n) is 2.89. The lowest BCUT2D eigenvalue weighted by molar-refractivity contribution is 0.211. The Kier molecular flexibility index (Phi) is 2.50.